The first-order valence-electron chi connectivity index (χ1n) is 5.41. The average Bonchev–Trinajstić information content (AvgIpc) is 2.74. The quantitative estimate of drug-likeness (QED) is 0.410. The molecule has 0 amide bonds. The first-order valence-corrected chi connectivity index (χ1v) is 5.41. The van der Waals surface area contributed by atoms with E-state index >= 15 is 0 Å². The molecule has 0 spiro atoms. The predicted molar refractivity (Wildman–Crippen MR) is 53.3 cm³/mol. The van der Waals surface area contributed by atoms with Gasteiger partial charge in [0.1, 0.15) is 0 Å². The summed E-state index contributed by atoms with van der Waals surface area (Å²) in [7, 11) is 0. The van der Waals surface area contributed by atoms with Crippen molar-refractivity contribution in [2.24, 2.45) is 5.92 Å². The van der Waals surface area contributed by atoms with Crippen molar-refractivity contribution >= 4 is 0 Å². The summed E-state index contributed by atoms with van der Waals surface area (Å²) < 4.78 is 5.42. The molecule has 1 saturated heterocycles. The lowest BCUT2D eigenvalue weighted by atomic mass is 9.89. The number of hydrogen-bond donors (Lipinski definition) is 0. The molecule has 0 aromatic carbocycles. The number of rotatable bonds is 0. The van der Waals surface area contributed by atoms with E-state index in [1.807, 2.05) is 0 Å². The molecular weight excluding hydrogens is 160 g/mol. The van der Waals surface area contributed by atoms with Crippen LogP contribution in [0.2, 0.25) is 0 Å². The zero-order valence-corrected chi connectivity index (χ0v) is 8.60. The van der Waals surface area contributed by atoms with Crippen molar-refractivity contribution in [1.29, 1.82) is 0 Å². The monoisotopic (exact) mass is 178 g/mol. The first kappa shape index (κ1) is 9.09. The summed E-state index contributed by atoms with van der Waals surface area (Å²) in [5, 5.41) is 0. The predicted octanol–water partition coefficient (Wildman–Crippen LogP) is 2.75. The van der Waals surface area contributed by atoms with E-state index in [9.17, 15) is 0 Å². The van der Waals surface area contributed by atoms with Crippen LogP contribution in [0.25, 0.3) is 0 Å². The summed E-state index contributed by atoms with van der Waals surface area (Å²) in [5.74, 6) is 7.31. The molecular formula is C12H18O. The van der Waals surface area contributed by atoms with E-state index in [0.29, 0.717) is 12.0 Å². The van der Waals surface area contributed by atoms with Crippen LogP contribution in [-0.2, 0) is 4.74 Å². The molecule has 2 rings (SSSR count). The van der Waals surface area contributed by atoms with Crippen LogP contribution in [0, 0.1) is 17.8 Å². The molecule has 0 radical (unpaired) electrons. The molecule has 1 nitrogen and oxygen atoms in total. The van der Waals surface area contributed by atoms with Gasteiger partial charge in [-0.1, -0.05) is 31.1 Å². The molecule has 1 aliphatic heterocycles. The fourth-order valence-corrected chi connectivity index (χ4v) is 1.96. The van der Waals surface area contributed by atoms with Crippen LogP contribution in [0.1, 0.15) is 46.0 Å². The van der Waals surface area contributed by atoms with Crippen LogP contribution in [0.5, 0.6) is 0 Å². The van der Waals surface area contributed by atoms with Crippen LogP contribution in [0.4, 0.5) is 0 Å². The van der Waals surface area contributed by atoms with Gasteiger partial charge in [0.2, 0.25) is 0 Å². The van der Waals surface area contributed by atoms with Gasteiger partial charge in [0.05, 0.1) is 6.10 Å². The van der Waals surface area contributed by atoms with Gasteiger partial charge in [-0.2, -0.15) is 0 Å². The lowest BCUT2D eigenvalue weighted by Gasteiger charge is -2.15. The Morgan fingerprint density at radius 2 is 1.85 bits per heavy atom. The van der Waals surface area contributed by atoms with Gasteiger partial charge in [-0.15, -0.1) is 0 Å². The van der Waals surface area contributed by atoms with E-state index in [1.54, 1.807) is 0 Å². The fraction of sp³-hybridized carbons (Fsp3) is 0.833. The van der Waals surface area contributed by atoms with E-state index < -0.39 is 0 Å². The van der Waals surface area contributed by atoms with E-state index in [2.05, 4.69) is 25.7 Å². The van der Waals surface area contributed by atoms with Crippen LogP contribution in [0.15, 0.2) is 0 Å². The molecule has 0 aromatic heterocycles. The molecule has 0 aromatic rings. The standard InChI is InChI=1S/C12H18O/c1-10-12(2,13-10)9-8-11-6-4-3-5-7-11/h10-11H,3-7H2,1-2H3/t10-,12-/m0/s1. The highest BCUT2D eigenvalue weighted by Gasteiger charge is 2.47. The molecule has 1 saturated carbocycles. The van der Waals surface area contributed by atoms with E-state index in [0.717, 1.165) is 0 Å². The Balaban J connectivity index is 1.88. The van der Waals surface area contributed by atoms with Gasteiger partial charge >= 0.3 is 0 Å². The third-order valence-electron chi connectivity index (χ3n) is 3.27. The molecule has 1 heteroatoms. The molecule has 1 aliphatic carbocycles. The minimum absolute atomic E-state index is 0.0998. The summed E-state index contributed by atoms with van der Waals surface area (Å²) in [5.41, 5.74) is -0.0998. The summed E-state index contributed by atoms with van der Waals surface area (Å²) in [6, 6.07) is 0. The Bertz CT molecular complexity index is 242. The van der Waals surface area contributed by atoms with Gasteiger partial charge in [0.15, 0.2) is 5.60 Å². The molecule has 0 unspecified atom stereocenters. The van der Waals surface area contributed by atoms with Crippen molar-refractivity contribution in [3.63, 3.8) is 0 Å². The second-order valence-corrected chi connectivity index (χ2v) is 4.47. The molecule has 0 N–H and O–H groups in total. The highest BCUT2D eigenvalue weighted by Crippen LogP contribution is 2.35. The maximum absolute atomic E-state index is 5.42. The highest BCUT2D eigenvalue weighted by molar-refractivity contribution is 5.23. The third kappa shape index (κ3) is 2.06. The van der Waals surface area contributed by atoms with Gasteiger partial charge < -0.3 is 4.74 Å². The van der Waals surface area contributed by atoms with Crippen molar-refractivity contribution in [3.8, 4) is 11.8 Å². The van der Waals surface area contributed by atoms with Gasteiger partial charge in [0, 0.05) is 5.92 Å². The maximum Gasteiger partial charge on any atom is 0.152 e. The van der Waals surface area contributed by atoms with Crippen LogP contribution < -0.4 is 0 Å². The molecule has 2 atom stereocenters. The average molecular weight is 178 g/mol. The van der Waals surface area contributed by atoms with Crippen molar-refractivity contribution in [2.45, 2.75) is 57.7 Å². The maximum atomic E-state index is 5.42. The smallest absolute Gasteiger partial charge is 0.152 e. The van der Waals surface area contributed by atoms with E-state index in [4.69, 9.17) is 4.74 Å². The summed E-state index contributed by atoms with van der Waals surface area (Å²) >= 11 is 0. The lowest BCUT2D eigenvalue weighted by molar-refractivity contribution is 0.354. The van der Waals surface area contributed by atoms with E-state index in [1.165, 1.54) is 32.1 Å². The SMILES string of the molecule is C[C@@H]1O[C@@]1(C)C#CC1CCCCC1. The lowest BCUT2D eigenvalue weighted by Crippen LogP contribution is -2.07. The van der Waals surface area contributed by atoms with Gasteiger partial charge in [-0.05, 0) is 26.7 Å². The Morgan fingerprint density at radius 3 is 2.38 bits per heavy atom. The van der Waals surface area contributed by atoms with Crippen molar-refractivity contribution < 1.29 is 4.74 Å². The van der Waals surface area contributed by atoms with Crippen molar-refractivity contribution in [1.82, 2.24) is 0 Å². The van der Waals surface area contributed by atoms with Gasteiger partial charge in [0.25, 0.3) is 0 Å². The molecule has 72 valence electrons. The Kier molecular flexibility index (Phi) is 2.34. The van der Waals surface area contributed by atoms with Crippen molar-refractivity contribution in [3.05, 3.63) is 0 Å². The molecule has 2 fully saturated rings. The number of hydrogen-bond acceptors (Lipinski definition) is 1. The van der Waals surface area contributed by atoms with Crippen LogP contribution in [-0.4, -0.2) is 11.7 Å². The molecule has 1 heterocycles. The molecule has 2 aliphatic rings. The number of epoxide rings is 1. The highest BCUT2D eigenvalue weighted by atomic mass is 16.6. The zero-order valence-electron chi connectivity index (χ0n) is 8.60. The second kappa shape index (κ2) is 3.35. The Labute approximate surface area is 80.9 Å². The summed E-state index contributed by atoms with van der Waals surface area (Å²) in [6.07, 6.45) is 7.10. The Morgan fingerprint density at radius 1 is 1.23 bits per heavy atom. The third-order valence-corrected chi connectivity index (χ3v) is 3.27. The minimum Gasteiger partial charge on any atom is -0.353 e. The fourth-order valence-electron chi connectivity index (χ4n) is 1.96. The van der Waals surface area contributed by atoms with E-state index in [-0.39, 0.29) is 5.60 Å². The number of ether oxygens (including phenoxy) is 1. The first-order chi connectivity index (χ1) is 6.21. The van der Waals surface area contributed by atoms with Crippen LogP contribution >= 0.6 is 0 Å². The van der Waals surface area contributed by atoms with Gasteiger partial charge in [-0.25, -0.2) is 0 Å². The largest absolute Gasteiger partial charge is 0.353 e. The summed E-state index contributed by atoms with van der Waals surface area (Å²) in [6.45, 7) is 4.18. The molecule has 13 heavy (non-hydrogen) atoms. The zero-order chi connectivity index (χ0) is 9.31. The Hall–Kier alpha value is -0.480. The van der Waals surface area contributed by atoms with Crippen LogP contribution in [0.3, 0.4) is 0 Å². The minimum atomic E-state index is -0.0998. The normalized spacial score (nSPS) is 39.4. The summed E-state index contributed by atoms with van der Waals surface area (Å²) in [4.78, 5) is 0. The molecule has 0 bridgehead atoms. The van der Waals surface area contributed by atoms with Gasteiger partial charge in [-0.3, -0.25) is 0 Å². The van der Waals surface area contributed by atoms with Crippen molar-refractivity contribution in [2.75, 3.05) is 0 Å². The topological polar surface area (TPSA) is 12.5 Å². The second-order valence-electron chi connectivity index (χ2n) is 4.47.